The van der Waals surface area contributed by atoms with Crippen LogP contribution in [-0.4, -0.2) is 15.0 Å². The molecule has 0 heterocycles. The number of thioether (sulfide) groups is 2. The largest absolute Gasteiger partial charge is 0.111 e. The van der Waals surface area contributed by atoms with E-state index in [0.29, 0.717) is 5.25 Å². The molecule has 0 radical (unpaired) electrons. The van der Waals surface area contributed by atoms with E-state index < -0.39 is 0 Å². The molecule has 0 spiro atoms. The van der Waals surface area contributed by atoms with E-state index in [-0.39, 0.29) is 0 Å². The normalized spacial score (nSPS) is 13.1. The number of thiocarbonyl (C=S) groups is 1. The van der Waals surface area contributed by atoms with E-state index in [2.05, 4.69) is 13.8 Å². The second kappa shape index (κ2) is 6.50. The number of hydrogen-bond donors (Lipinski definition) is 0. The molecule has 0 aliphatic carbocycles. The van der Waals surface area contributed by atoms with Crippen LogP contribution in [0, 0.1) is 0 Å². The molecule has 0 saturated heterocycles. The van der Waals surface area contributed by atoms with Gasteiger partial charge in [-0.2, -0.15) is 0 Å². The molecule has 0 fully saturated rings. The Kier molecular flexibility index (Phi) is 7.01. The molecule has 1 unspecified atom stereocenters. The van der Waals surface area contributed by atoms with Crippen molar-refractivity contribution in [2.45, 2.75) is 31.9 Å². The lowest BCUT2D eigenvalue weighted by Crippen LogP contribution is -1.96. The SMILES string of the molecule is CCCC(C)SC(=S)SC. The van der Waals surface area contributed by atoms with E-state index in [4.69, 9.17) is 12.2 Å². The van der Waals surface area contributed by atoms with Crippen molar-refractivity contribution in [2.75, 3.05) is 6.26 Å². The van der Waals surface area contributed by atoms with Crippen LogP contribution in [0.3, 0.4) is 0 Å². The maximum Gasteiger partial charge on any atom is 0.104 e. The van der Waals surface area contributed by atoms with E-state index in [0.717, 1.165) is 3.53 Å². The Hall–Kier alpha value is 0.790. The third-order valence-electron chi connectivity index (χ3n) is 1.16. The molecule has 0 nitrogen and oxygen atoms in total. The van der Waals surface area contributed by atoms with Crippen molar-refractivity contribution in [1.82, 2.24) is 0 Å². The molecule has 0 amide bonds. The Morgan fingerprint density at radius 1 is 1.60 bits per heavy atom. The first-order valence-corrected chi connectivity index (χ1v) is 5.96. The quantitative estimate of drug-likeness (QED) is 0.631. The smallest absolute Gasteiger partial charge is 0.104 e. The Bertz CT molecular complexity index is 101. The summed E-state index contributed by atoms with van der Waals surface area (Å²) in [6.07, 6.45) is 4.56. The molecule has 0 aliphatic heterocycles. The zero-order valence-corrected chi connectivity index (χ0v) is 9.17. The van der Waals surface area contributed by atoms with Crippen molar-refractivity contribution in [3.05, 3.63) is 0 Å². The highest BCUT2D eigenvalue weighted by Gasteiger charge is 2.03. The molecule has 0 saturated carbocycles. The molecule has 0 aromatic heterocycles. The van der Waals surface area contributed by atoms with E-state index in [1.54, 1.807) is 11.8 Å². The van der Waals surface area contributed by atoms with Gasteiger partial charge in [0.15, 0.2) is 0 Å². The van der Waals surface area contributed by atoms with Crippen LogP contribution in [0.1, 0.15) is 26.7 Å². The van der Waals surface area contributed by atoms with Crippen molar-refractivity contribution < 1.29 is 0 Å². The molecule has 3 heteroatoms. The Labute approximate surface area is 77.5 Å². The lowest BCUT2D eigenvalue weighted by Gasteiger charge is -2.07. The van der Waals surface area contributed by atoms with Crippen LogP contribution in [0.5, 0.6) is 0 Å². The van der Waals surface area contributed by atoms with Crippen molar-refractivity contribution in [3.8, 4) is 0 Å². The molecule has 1 atom stereocenters. The fourth-order valence-corrected chi connectivity index (χ4v) is 2.73. The average Bonchev–Trinajstić information content (AvgIpc) is 1.88. The van der Waals surface area contributed by atoms with Gasteiger partial charge in [-0.05, 0) is 12.7 Å². The summed E-state index contributed by atoms with van der Waals surface area (Å²) in [7, 11) is 0. The topological polar surface area (TPSA) is 0 Å². The summed E-state index contributed by atoms with van der Waals surface area (Å²) < 4.78 is 1.07. The van der Waals surface area contributed by atoms with Crippen LogP contribution in [0.4, 0.5) is 0 Å². The predicted octanol–water partition coefficient (Wildman–Crippen LogP) is 3.56. The van der Waals surface area contributed by atoms with Crippen LogP contribution in [0.15, 0.2) is 0 Å². The first kappa shape index (κ1) is 10.8. The first-order valence-electron chi connectivity index (χ1n) is 3.45. The predicted molar refractivity (Wildman–Crippen MR) is 58.1 cm³/mol. The fourth-order valence-electron chi connectivity index (χ4n) is 0.678. The van der Waals surface area contributed by atoms with Gasteiger partial charge < -0.3 is 0 Å². The molecule has 10 heavy (non-hydrogen) atoms. The molecular weight excluding hydrogens is 180 g/mol. The second-order valence-corrected chi connectivity index (χ2v) is 5.62. The van der Waals surface area contributed by atoms with Crippen LogP contribution in [0.2, 0.25) is 0 Å². The standard InChI is InChI=1S/C7H14S3/c1-4-5-6(2)10-7(8)9-3/h6H,4-5H2,1-3H3. The number of rotatable bonds is 3. The van der Waals surface area contributed by atoms with Gasteiger partial charge in [0.1, 0.15) is 3.53 Å². The minimum Gasteiger partial charge on any atom is -0.111 e. The lowest BCUT2D eigenvalue weighted by molar-refractivity contribution is 0.790. The molecule has 0 aromatic rings. The van der Waals surface area contributed by atoms with Crippen LogP contribution in [-0.2, 0) is 0 Å². The summed E-state index contributed by atoms with van der Waals surface area (Å²) in [5.74, 6) is 0. The second-order valence-electron chi connectivity index (χ2n) is 2.17. The lowest BCUT2D eigenvalue weighted by atomic mass is 10.3. The van der Waals surface area contributed by atoms with Gasteiger partial charge >= 0.3 is 0 Å². The molecule has 0 aromatic carbocycles. The van der Waals surface area contributed by atoms with E-state index in [9.17, 15) is 0 Å². The maximum atomic E-state index is 5.07. The third-order valence-corrected chi connectivity index (χ3v) is 3.90. The van der Waals surface area contributed by atoms with Crippen LogP contribution >= 0.6 is 35.7 Å². The van der Waals surface area contributed by atoms with Crippen molar-refractivity contribution in [2.24, 2.45) is 0 Å². The van der Waals surface area contributed by atoms with E-state index in [1.807, 2.05) is 18.0 Å². The van der Waals surface area contributed by atoms with Gasteiger partial charge in [0.05, 0.1) is 0 Å². The van der Waals surface area contributed by atoms with Crippen molar-refractivity contribution in [1.29, 1.82) is 0 Å². The van der Waals surface area contributed by atoms with Crippen LogP contribution in [0.25, 0.3) is 0 Å². The highest BCUT2D eigenvalue weighted by Crippen LogP contribution is 2.22. The van der Waals surface area contributed by atoms with Gasteiger partial charge in [-0.25, -0.2) is 0 Å². The van der Waals surface area contributed by atoms with E-state index in [1.165, 1.54) is 12.8 Å². The minimum absolute atomic E-state index is 0.699. The fraction of sp³-hybridized carbons (Fsp3) is 0.857. The Morgan fingerprint density at radius 3 is 2.60 bits per heavy atom. The van der Waals surface area contributed by atoms with Crippen molar-refractivity contribution >= 4 is 39.3 Å². The Balaban J connectivity index is 3.37. The monoisotopic (exact) mass is 194 g/mol. The van der Waals surface area contributed by atoms with Gasteiger partial charge in [-0.3, -0.25) is 0 Å². The van der Waals surface area contributed by atoms with Gasteiger partial charge in [-0.15, -0.1) is 23.5 Å². The molecule has 60 valence electrons. The van der Waals surface area contributed by atoms with Gasteiger partial charge in [-0.1, -0.05) is 32.5 Å². The molecule has 0 bridgehead atoms. The van der Waals surface area contributed by atoms with Gasteiger partial charge in [0, 0.05) is 5.25 Å². The highest BCUT2D eigenvalue weighted by atomic mass is 32.2. The first-order chi connectivity index (χ1) is 4.70. The summed E-state index contributed by atoms with van der Waals surface area (Å²) in [5, 5.41) is 0.699. The van der Waals surface area contributed by atoms with Crippen molar-refractivity contribution in [3.63, 3.8) is 0 Å². The molecule has 0 N–H and O–H groups in total. The summed E-state index contributed by atoms with van der Waals surface area (Å²) in [4.78, 5) is 0. The maximum absolute atomic E-state index is 5.07. The summed E-state index contributed by atoms with van der Waals surface area (Å²) in [6, 6.07) is 0. The summed E-state index contributed by atoms with van der Waals surface area (Å²) >= 11 is 8.56. The zero-order valence-electron chi connectivity index (χ0n) is 6.72. The number of hydrogen-bond acceptors (Lipinski definition) is 3. The van der Waals surface area contributed by atoms with E-state index >= 15 is 0 Å². The Morgan fingerprint density at radius 2 is 2.20 bits per heavy atom. The van der Waals surface area contributed by atoms with Gasteiger partial charge in [0.25, 0.3) is 0 Å². The van der Waals surface area contributed by atoms with Crippen LogP contribution < -0.4 is 0 Å². The minimum atomic E-state index is 0.699. The zero-order chi connectivity index (χ0) is 7.98. The third kappa shape index (κ3) is 5.57. The summed E-state index contributed by atoms with van der Waals surface area (Å²) in [6.45, 7) is 4.44. The summed E-state index contributed by atoms with van der Waals surface area (Å²) in [5.41, 5.74) is 0. The molecular formula is C7H14S3. The highest BCUT2D eigenvalue weighted by molar-refractivity contribution is 8.47. The van der Waals surface area contributed by atoms with Gasteiger partial charge in [0.2, 0.25) is 0 Å². The molecule has 0 aliphatic rings. The molecule has 0 rings (SSSR count). The average molecular weight is 194 g/mol.